The molecule has 0 bridgehead atoms. The Bertz CT molecular complexity index is 1350. The highest BCUT2D eigenvalue weighted by atomic mass is 32.2. The van der Waals surface area contributed by atoms with Gasteiger partial charge in [-0.05, 0) is 49.2 Å². The number of amidine groups is 1. The Morgan fingerprint density at radius 3 is 2.31 bits per heavy atom. The van der Waals surface area contributed by atoms with Gasteiger partial charge in [-0.1, -0.05) is 71.4 Å². The number of nitrogens with one attached hydrogen (secondary N) is 1. The first kappa shape index (κ1) is 23.9. The number of amides is 2. The van der Waals surface area contributed by atoms with Gasteiger partial charge in [-0.2, -0.15) is 10.1 Å². The van der Waals surface area contributed by atoms with Crippen molar-refractivity contribution in [1.82, 2.24) is 5.01 Å². The number of hydrazone groups is 1. The fraction of sp³-hybridized carbons (Fsp3) is 0.214. The minimum Gasteiger partial charge on any atom is -0.326 e. The van der Waals surface area contributed by atoms with Gasteiger partial charge in [0.05, 0.1) is 11.8 Å². The van der Waals surface area contributed by atoms with Crippen LogP contribution in [0.15, 0.2) is 82.9 Å². The molecule has 0 saturated carbocycles. The number of hydrogen-bond acceptors (Lipinski definition) is 5. The maximum absolute atomic E-state index is 13.6. The second-order valence-corrected chi connectivity index (χ2v) is 10.2. The molecule has 0 aromatic heterocycles. The standard InChI is InChI=1S/C28H25FN4O2S/c1-17-3-7-19(8-4-17)23-15-24(20-9-11-21(29)12-10-20)33(32-23)28-31-27(35)25(36-28)16-26(34)30-22-13-5-18(2)6-14-22/h3-14,24-25H,15-16H2,1-2H3,(H,30,34). The molecule has 0 aliphatic carbocycles. The van der Waals surface area contributed by atoms with E-state index in [4.69, 9.17) is 5.10 Å². The maximum atomic E-state index is 13.6. The van der Waals surface area contributed by atoms with Crippen LogP contribution in [0.4, 0.5) is 10.1 Å². The Morgan fingerprint density at radius 1 is 1.00 bits per heavy atom. The number of benzene rings is 3. The lowest BCUT2D eigenvalue weighted by atomic mass is 9.98. The highest BCUT2D eigenvalue weighted by Crippen LogP contribution is 2.38. The van der Waals surface area contributed by atoms with Gasteiger partial charge in [-0.15, -0.1) is 0 Å². The molecule has 2 amide bonds. The molecule has 36 heavy (non-hydrogen) atoms. The van der Waals surface area contributed by atoms with Gasteiger partial charge >= 0.3 is 0 Å². The molecule has 1 N–H and O–H groups in total. The van der Waals surface area contributed by atoms with E-state index >= 15 is 0 Å². The molecular formula is C28H25FN4O2S. The normalized spacial score (nSPS) is 19.3. The maximum Gasteiger partial charge on any atom is 0.262 e. The summed E-state index contributed by atoms with van der Waals surface area (Å²) in [5.41, 5.74) is 5.65. The first-order chi connectivity index (χ1) is 17.4. The van der Waals surface area contributed by atoms with Crippen molar-refractivity contribution in [1.29, 1.82) is 0 Å². The van der Waals surface area contributed by atoms with Crippen LogP contribution >= 0.6 is 11.8 Å². The summed E-state index contributed by atoms with van der Waals surface area (Å²) in [4.78, 5) is 29.6. The lowest BCUT2D eigenvalue weighted by Crippen LogP contribution is -2.25. The molecule has 2 aliphatic heterocycles. The number of aliphatic imine (C=N–C) groups is 1. The molecule has 182 valence electrons. The van der Waals surface area contributed by atoms with Crippen molar-refractivity contribution >= 4 is 40.1 Å². The molecule has 6 nitrogen and oxygen atoms in total. The third kappa shape index (κ3) is 5.23. The van der Waals surface area contributed by atoms with Crippen molar-refractivity contribution in [2.24, 2.45) is 10.1 Å². The molecule has 0 spiro atoms. The molecule has 0 fully saturated rings. The van der Waals surface area contributed by atoms with Crippen molar-refractivity contribution in [2.75, 3.05) is 5.32 Å². The Kier molecular flexibility index (Phi) is 6.69. The summed E-state index contributed by atoms with van der Waals surface area (Å²) >= 11 is 1.24. The van der Waals surface area contributed by atoms with Crippen molar-refractivity contribution in [2.45, 2.75) is 38.0 Å². The molecule has 5 rings (SSSR count). The summed E-state index contributed by atoms with van der Waals surface area (Å²) in [5.74, 6) is -0.919. The van der Waals surface area contributed by atoms with E-state index in [1.807, 2.05) is 62.4 Å². The molecular weight excluding hydrogens is 475 g/mol. The Morgan fingerprint density at radius 2 is 1.64 bits per heavy atom. The summed E-state index contributed by atoms with van der Waals surface area (Å²) in [6.07, 6.45) is 0.592. The predicted octanol–water partition coefficient (Wildman–Crippen LogP) is 5.62. The fourth-order valence-electron chi connectivity index (χ4n) is 4.17. The number of rotatable bonds is 5. The minimum absolute atomic E-state index is 0.00790. The molecule has 8 heteroatoms. The third-order valence-corrected chi connectivity index (χ3v) is 7.32. The number of thioether (sulfide) groups is 1. The third-order valence-electron chi connectivity index (χ3n) is 6.18. The van der Waals surface area contributed by atoms with E-state index in [1.54, 1.807) is 17.1 Å². The summed E-state index contributed by atoms with van der Waals surface area (Å²) < 4.78 is 13.6. The van der Waals surface area contributed by atoms with Crippen LogP contribution in [0.25, 0.3) is 0 Å². The zero-order valence-electron chi connectivity index (χ0n) is 19.9. The molecule has 2 unspecified atom stereocenters. The van der Waals surface area contributed by atoms with Crippen molar-refractivity contribution in [3.05, 3.63) is 101 Å². The minimum atomic E-state index is -0.627. The molecule has 2 aliphatic rings. The van der Waals surface area contributed by atoms with Crippen LogP contribution < -0.4 is 5.32 Å². The van der Waals surface area contributed by atoms with Crippen LogP contribution in [0.1, 0.15) is 41.1 Å². The van der Waals surface area contributed by atoms with Crippen LogP contribution in [0.5, 0.6) is 0 Å². The highest BCUT2D eigenvalue weighted by molar-refractivity contribution is 8.15. The van der Waals surface area contributed by atoms with Gasteiger partial charge in [-0.25, -0.2) is 9.40 Å². The molecule has 3 aromatic rings. The first-order valence-corrected chi connectivity index (χ1v) is 12.6. The van der Waals surface area contributed by atoms with E-state index in [1.165, 1.54) is 23.9 Å². The lowest BCUT2D eigenvalue weighted by Gasteiger charge is -2.23. The average molecular weight is 501 g/mol. The fourth-order valence-corrected chi connectivity index (χ4v) is 5.23. The summed E-state index contributed by atoms with van der Waals surface area (Å²) in [6.45, 7) is 4.00. The highest BCUT2D eigenvalue weighted by Gasteiger charge is 2.39. The smallest absolute Gasteiger partial charge is 0.262 e. The van der Waals surface area contributed by atoms with Crippen molar-refractivity contribution in [3.8, 4) is 0 Å². The molecule has 0 radical (unpaired) electrons. The second kappa shape index (κ2) is 10.1. The van der Waals surface area contributed by atoms with Gasteiger partial charge in [0.25, 0.3) is 5.91 Å². The number of halogens is 1. The summed E-state index contributed by atoms with van der Waals surface area (Å²) in [7, 11) is 0. The van der Waals surface area contributed by atoms with Crippen molar-refractivity contribution in [3.63, 3.8) is 0 Å². The Balaban J connectivity index is 1.35. The zero-order chi connectivity index (χ0) is 25.2. The van der Waals surface area contributed by atoms with Crippen LogP contribution in [-0.2, 0) is 9.59 Å². The van der Waals surface area contributed by atoms with Gasteiger partial charge in [0, 0.05) is 18.5 Å². The molecule has 2 atom stereocenters. The van der Waals surface area contributed by atoms with Gasteiger partial charge in [0.15, 0.2) is 5.17 Å². The van der Waals surface area contributed by atoms with E-state index < -0.39 is 5.25 Å². The number of carbonyl (C=O) groups is 2. The topological polar surface area (TPSA) is 74.1 Å². The van der Waals surface area contributed by atoms with Gasteiger partial charge < -0.3 is 5.32 Å². The number of anilines is 1. The summed E-state index contributed by atoms with van der Waals surface area (Å²) in [6, 6.07) is 21.7. The van der Waals surface area contributed by atoms with Gasteiger partial charge in [0.2, 0.25) is 5.91 Å². The monoisotopic (exact) mass is 500 g/mol. The van der Waals surface area contributed by atoms with Crippen LogP contribution in [0.2, 0.25) is 0 Å². The summed E-state index contributed by atoms with van der Waals surface area (Å²) in [5, 5.41) is 9.23. The number of carbonyl (C=O) groups excluding carboxylic acids is 2. The van der Waals surface area contributed by atoms with E-state index in [0.29, 0.717) is 17.3 Å². The number of hydrogen-bond donors (Lipinski definition) is 1. The number of aryl methyl sites for hydroxylation is 2. The van der Waals surface area contributed by atoms with Crippen LogP contribution in [-0.4, -0.2) is 33.0 Å². The van der Waals surface area contributed by atoms with Crippen LogP contribution in [0.3, 0.4) is 0 Å². The molecule has 2 heterocycles. The first-order valence-electron chi connectivity index (χ1n) is 11.7. The molecule has 0 saturated heterocycles. The predicted molar refractivity (Wildman–Crippen MR) is 142 cm³/mol. The second-order valence-electron chi connectivity index (χ2n) is 8.99. The van der Waals surface area contributed by atoms with Crippen molar-refractivity contribution < 1.29 is 14.0 Å². The van der Waals surface area contributed by atoms with Gasteiger partial charge in [-0.3, -0.25) is 9.59 Å². The molecule has 3 aromatic carbocycles. The van der Waals surface area contributed by atoms with E-state index in [-0.39, 0.29) is 30.1 Å². The Labute approximate surface area is 213 Å². The quantitative estimate of drug-likeness (QED) is 0.493. The van der Waals surface area contributed by atoms with Crippen LogP contribution in [0, 0.1) is 19.7 Å². The van der Waals surface area contributed by atoms with E-state index in [0.717, 1.165) is 28.0 Å². The lowest BCUT2D eigenvalue weighted by molar-refractivity contribution is -0.121. The Hall–Kier alpha value is -3.78. The SMILES string of the molecule is Cc1ccc(NC(=O)CC2SC(N3N=C(c4ccc(C)cc4)CC3c3ccc(F)cc3)=NC2=O)cc1. The largest absolute Gasteiger partial charge is 0.326 e. The number of nitrogens with zero attached hydrogens (tertiary/aromatic N) is 3. The van der Waals surface area contributed by atoms with Gasteiger partial charge in [0.1, 0.15) is 11.1 Å². The average Bonchev–Trinajstić information content (AvgIpc) is 3.45. The van der Waals surface area contributed by atoms with E-state index in [9.17, 15) is 14.0 Å². The zero-order valence-corrected chi connectivity index (χ0v) is 20.8. The van der Waals surface area contributed by atoms with E-state index in [2.05, 4.69) is 10.3 Å².